The molecule has 3 rings (SSSR count). The van der Waals surface area contributed by atoms with Crippen LogP contribution in [0.2, 0.25) is 0 Å². The van der Waals surface area contributed by atoms with E-state index in [1.807, 2.05) is 18.2 Å². The van der Waals surface area contributed by atoms with Gasteiger partial charge in [-0.25, -0.2) is 0 Å². The Morgan fingerprint density at radius 2 is 1.95 bits per heavy atom. The molecule has 0 heterocycles. The topological polar surface area (TPSA) is 26.3 Å². The molecule has 0 N–H and O–H groups in total. The molecule has 0 bridgehead atoms. The summed E-state index contributed by atoms with van der Waals surface area (Å²) in [5, 5.41) is 0. The van der Waals surface area contributed by atoms with Gasteiger partial charge >= 0.3 is 0 Å². The van der Waals surface area contributed by atoms with Gasteiger partial charge in [0.05, 0.1) is 13.2 Å². The summed E-state index contributed by atoms with van der Waals surface area (Å²) in [6, 6.07) is 10.2. The van der Waals surface area contributed by atoms with Gasteiger partial charge in [-0.1, -0.05) is 42.8 Å². The number of ketones is 1. The highest BCUT2D eigenvalue weighted by Gasteiger charge is 2.42. The van der Waals surface area contributed by atoms with Gasteiger partial charge in [-0.3, -0.25) is 4.79 Å². The molecular formula is C20H26O2. The SMILES string of the molecule is CC[C@]12CCCC1=C(CCOCc1ccccc1)C(=O)CC2. The van der Waals surface area contributed by atoms with Gasteiger partial charge < -0.3 is 4.74 Å². The first-order chi connectivity index (χ1) is 10.7. The Kier molecular flexibility index (Phi) is 4.77. The van der Waals surface area contributed by atoms with Gasteiger partial charge in [0, 0.05) is 6.42 Å². The smallest absolute Gasteiger partial charge is 0.158 e. The number of benzene rings is 1. The Bertz CT molecular complexity index is 558. The summed E-state index contributed by atoms with van der Waals surface area (Å²) in [7, 11) is 0. The summed E-state index contributed by atoms with van der Waals surface area (Å²) in [5.41, 5.74) is 4.13. The largest absolute Gasteiger partial charge is 0.376 e. The Morgan fingerprint density at radius 3 is 2.73 bits per heavy atom. The third-order valence-electron chi connectivity index (χ3n) is 5.54. The van der Waals surface area contributed by atoms with Crippen LogP contribution in [-0.2, 0) is 16.1 Å². The quantitative estimate of drug-likeness (QED) is 0.703. The van der Waals surface area contributed by atoms with E-state index in [9.17, 15) is 4.79 Å². The third-order valence-corrected chi connectivity index (χ3v) is 5.54. The van der Waals surface area contributed by atoms with Crippen molar-refractivity contribution >= 4 is 5.78 Å². The molecule has 0 saturated heterocycles. The second-order valence-corrected chi connectivity index (χ2v) is 6.66. The molecule has 0 aromatic heterocycles. The molecule has 2 heteroatoms. The molecule has 1 atom stereocenters. The van der Waals surface area contributed by atoms with Crippen molar-refractivity contribution in [3.8, 4) is 0 Å². The average molecular weight is 298 g/mol. The van der Waals surface area contributed by atoms with Crippen LogP contribution < -0.4 is 0 Å². The maximum absolute atomic E-state index is 12.3. The molecule has 1 saturated carbocycles. The molecule has 1 aromatic rings. The number of allylic oxidation sites excluding steroid dienone is 1. The van der Waals surface area contributed by atoms with Gasteiger partial charge in [-0.05, 0) is 55.1 Å². The Balaban J connectivity index is 1.62. The fourth-order valence-corrected chi connectivity index (χ4v) is 4.23. The lowest BCUT2D eigenvalue weighted by atomic mass is 9.69. The van der Waals surface area contributed by atoms with Gasteiger partial charge in [0.15, 0.2) is 5.78 Å². The number of carbonyl (C=O) groups excluding carboxylic acids is 1. The van der Waals surface area contributed by atoms with Crippen LogP contribution in [-0.4, -0.2) is 12.4 Å². The first-order valence-corrected chi connectivity index (χ1v) is 8.62. The van der Waals surface area contributed by atoms with Gasteiger partial charge in [0.1, 0.15) is 0 Å². The lowest BCUT2D eigenvalue weighted by molar-refractivity contribution is -0.117. The van der Waals surface area contributed by atoms with E-state index in [4.69, 9.17) is 4.74 Å². The zero-order valence-electron chi connectivity index (χ0n) is 13.6. The van der Waals surface area contributed by atoms with Crippen molar-refractivity contribution in [2.45, 2.75) is 58.5 Å². The van der Waals surface area contributed by atoms with Gasteiger partial charge in [0.2, 0.25) is 0 Å². The van der Waals surface area contributed by atoms with Crippen molar-refractivity contribution in [2.24, 2.45) is 5.41 Å². The van der Waals surface area contributed by atoms with Crippen molar-refractivity contribution < 1.29 is 9.53 Å². The maximum Gasteiger partial charge on any atom is 0.158 e. The van der Waals surface area contributed by atoms with Crippen LogP contribution in [0.25, 0.3) is 0 Å². The van der Waals surface area contributed by atoms with Gasteiger partial charge in [0.25, 0.3) is 0 Å². The highest BCUT2D eigenvalue weighted by Crippen LogP contribution is 2.53. The number of rotatable bonds is 6. The van der Waals surface area contributed by atoms with Crippen molar-refractivity contribution in [2.75, 3.05) is 6.61 Å². The summed E-state index contributed by atoms with van der Waals surface area (Å²) in [5.74, 6) is 0.379. The van der Waals surface area contributed by atoms with Gasteiger partial charge in [-0.15, -0.1) is 0 Å². The lowest BCUT2D eigenvalue weighted by Crippen LogP contribution is -2.27. The molecule has 22 heavy (non-hydrogen) atoms. The second kappa shape index (κ2) is 6.78. The highest BCUT2D eigenvalue weighted by molar-refractivity contribution is 5.97. The summed E-state index contributed by atoms with van der Waals surface area (Å²) < 4.78 is 5.80. The zero-order valence-corrected chi connectivity index (χ0v) is 13.6. The molecule has 1 aromatic carbocycles. The summed E-state index contributed by atoms with van der Waals surface area (Å²) in [4.78, 5) is 12.3. The molecule has 2 aliphatic carbocycles. The van der Waals surface area contributed by atoms with Crippen LogP contribution in [0.5, 0.6) is 0 Å². The van der Waals surface area contributed by atoms with E-state index < -0.39 is 0 Å². The Labute approximate surface area is 133 Å². The van der Waals surface area contributed by atoms with E-state index in [1.54, 1.807) is 0 Å². The number of ether oxygens (including phenoxy) is 1. The molecule has 118 valence electrons. The minimum Gasteiger partial charge on any atom is -0.376 e. The second-order valence-electron chi connectivity index (χ2n) is 6.66. The van der Waals surface area contributed by atoms with Crippen LogP contribution in [0.15, 0.2) is 41.5 Å². The minimum atomic E-state index is 0.350. The highest BCUT2D eigenvalue weighted by atomic mass is 16.5. The van der Waals surface area contributed by atoms with Crippen molar-refractivity contribution in [3.05, 3.63) is 47.0 Å². The van der Waals surface area contributed by atoms with E-state index in [-0.39, 0.29) is 0 Å². The molecule has 0 spiro atoms. The lowest BCUT2D eigenvalue weighted by Gasteiger charge is -2.35. The molecule has 1 fully saturated rings. The molecule has 0 amide bonds. The zero-order chi connectivity index (χ0) is 15.4. The van der Waals surface area contributed by atoms with E-state index >= 15 is 0 Å². The molecule has 0 unspecified atom stereocenters. The third kappa shape index (κ3) is 3.03. The van der Waals surface area contributed by atoms with Crippen LogP contribution in [0.3, 0.4) is 0 Å². The number of Topliss-reactive ketones (excluding diaryl/α,β-unsaturated/α-hetero) is 1. The van der Waals surface area contributed by atoms with E-state index in [0.717, 1.165) is 31.3 Å². The Hall–Kier alpha value is -1.41. The number of hydrogen-bond acceptors (Lipinski definition) is 2. The molecule has 0 radical (unpaired) electrons. The number of hydrogen-bond donors (Lipinski definition) is 0. The summed E-state index contributed by atoms with van der Waals surface area (Å²) in [6.07, 6.45) is 7.46. The number of carbonyl (C=O) groups is 1. The monoisotopic (exact) mass is 298 g/mol. The standard InChI is InChI=1S/C20H26O2/c1-2-20-12-6-9-18(20)17(19(21)10-13-20)11-14-22-15-16-7-4-3-5-8-16/h3-5,7-8H,2,6,9-15H2,1H3/t20-/m1/s1. The van der Waals surface area contributed by atoms with E-state index in [0.29, 0.717) is 24.4 Å². The van der Waals surface area contributed by atoms with Crippen molar-refractivity contribution in [3.63, 3.8) is 0 Å². The predicted molar refractivity (Wildman–Crippen MR) is 88.6 cm³/mol. The van der Waals surface area contributed by atoms with Crippen molar-refractivity contribution in [1.29, 1.82) is 0 Å². The fourth-order valence-electron chi connectivity index (χ4n) is 4.23. The van der Waals surface area contributed by atoms with Crippen molar-refractivity contribution in [1.82, 2.24) is 0 Å². The van der Waals surface area contributed by atoms with Crippen LogP contribution in [0.1, 0.15) is 57.4 Å². The van der Waals surface area contributed by atoms with Gasteiger partial charge in [-0.2, -0.15) is 0 Å². The van der Waals surface area contributed by atoms with E-state index in [1.165, 1.54) is 30.4 Å². The molecule has 0 aliphatic heterocycles. The number of fused-ring (bicyclic) bond motifs is 1. The summed E-state index contributed by atoms with van der Waals surface area (Å²) in [6.45, 7) is 3.57. The van der Waals surface area contributed by atoms with Crippen LogP contribution >= 0.6 is 0 Å². The molecule has 2 nitrogen and oxygen atoms in total. The average Bonchev–Trinajstić information content (AvgIpc) is 2.99. The first kappa shape index (κ1) is 15.5. The van der Waals surface area contributed by atoms with E-state index in [2.05, 4.69) is 19.1 Å². The first-order valence-electron chi connectivity index (χ1n) is 8.62. The summed E-state index contributed by atoms with van der Waals surface area (Å²) >= 11 is 0. The molecule has 2 aliphatic rings. The van der Waals surface area contributed by atoms with Crippen LogP contribution in [0.4, 0.5) is 0 Å². The fraction of sp³-hybridized carbons (Fsp3) is 0.550. The van der Waals surface area contributed by atoms with Crippen LogP contribution in [0, 0.1) is 5.41 Å². The minimum absolute atomic E-state index is 0.350. The normalized spacial score (nSPS) is 24.7. The Morgan fingerprint density at radius 1 is 1.14 bits per heavy atom. The maximum atomic E-state index is 12.3. The predicted octanol–water partition coefficient (Wildman–Crippen LogP) is 4.83. The molecular weight excluding hydrogens is 272 g/mol.